The van der Waals surface area contributed by atoms with Gasteiger partial charge in [-0.3, -0.25) is 0 Å². The molecule has 1 heterocycles. The first-order valence-electron chi connectivity index (χ1n) is 5.19. The first-order chi connectivity index (χ1) is 7.80. The number of rotatable bonds is 5. The van der Waals surface area contributed by atoms with E-state index in [4.69, 9.17) is 0 Å². The topological polar surface area (TPSA) is 37.4 Å². The van der Waals surface area contributed by atoms with Crippen molar-refractivity contribution in [3.63, 3.8) is 0 Å². The van der Waals surface area contributed by atoms with E-state index < -0.39 is 10.0 Å². The molecule has 6 heteroatoms. The number of aryl methyl sites for hydroxylation is 1. The molecule has 0 saturated heterocycles. The Bertz CT molecular complexity index is 486. The summed E-state index contributed by atoms with van der Waals surface area (Å²) < 4.78 is 27.5. The fourth-order valence-electron chi connectivity index (χ4n) is 1.39. The van der Waals surface area contributed by atoms with Crippen LogP contribution in [0.1, 0.15) is 19.4 Å². The lowest BCUT2D eigenvalue weighted by molar-refractivity contribution is 0.384. The number of halogens is 1. The molecule has 0 amide bonds. The highest BCUT2D eigenvalue weighted by Gasteiger charge is 2.27. The Balaban J connectivity index is 3.20. The zero-order valence-electron chi connectivity index (χ0n) is 10.1. The fraction of sp³-hybridized carbons (Fsp3) is 0.455. The minimum atomic E-state index is -3.41. The van der Waals surface area contributed by atoms with Crippen LogP contribution >= 0.6 is 27.3 Å². The van der Waals surface area contributed by atoms with Gasteiger partial charge in [0.05, 0.1) is 3.79 Å². The van der Waals surface area contributed by atoms with Crippen LogP contribution in [0, 0.1) is 6.92 Å². The average molecular weight is 338 g/mol. The van der Waals surface area contributed by atoms with E-state index in [-0.39, 0.29) is 6.04 Å². The van der Waals surface area contributed by atoms with Crippen LogP contribution in [0.2, 0.25) is 0 Å². The summed E-state index contributed by atoms with van der Waals surface area (Å²) >= 11 is 4.59. The summed E-state index contributed by atoms with van der Waals surface area (Å²) in [4.78, 5) is 0. The summed E-state index contributed by atoms with van der Waals surface area (Å²) in [5.74, 6) is 0. The van der Waals surface area contributed by atoms with Crippen molar-refractivity contribution in [2.24, 2.45) is 0 Å². The standard InChI is InChI=1S/C11H16BrNO2S2/c1-5-6-13(8(2)3)17(14,15)10-7-9(4)11(12)16-10/h5,7-8H,1,6H2,2-4H3. The molecule has 3 nitrogen and oxygen atoms in total. The van der Waals surface area contributed by atoms with E-state index in [2.05, 4.69) is 22.5 Å². The first kappa shape index (κ1) is 14.9. The Morgan fingerprint density at radius 2 is 2.18 bits per heavy atom. The molecule has 0 N–H and O–H groups in total. The summed E-state index contributed by atoms with van der Waals surface area (Å²) in [6, 6.07) is 1.61. The zero-order chi connectivity index (χ0) is 13.2. The van der Waals surface area contributed by atoms with E-state index in [0.29, 0.717) is 10.8 Å². The van der Waals surface area contributed by atoms with Crippen molar-refractivity contribution in [2.75, 3.05) is 6.54 Å². The molecule has 0 aromatic carbocycles. The molecule has 1 aromatic rings. The fourth-order valence-corrected chi connectivity index (χ4v) is 5.35. The molecule has 0 bridgehead atoms. The highest BCUT2D eigenvalue weighted by atomic mass is 79.9. The van der Waals surface area contributed by atoms with Gasteiger partial charge in [-0.1, -0.05) is 6.08 Å². The highest BCUT2D eigenvalue weighted by molar-refractivity contribution is 9.11. The maximum Gasteiger partial charge on any atom is 0.253 e. The van der Waals surface area contributed by atoms with Gasteiger partial charge in [0.2, 0.25) is 0 Å². The average Bonchev–Trinajstić information content (AvgIpc) is 2.55. The van der Waals surface area contributed by atoms with Gasteiger partial charge in [-0.2, -0.15) is 4.31 Å². The third-order valence-electron chi connectivity index (χ3n) is 2.28. The third kappa shape index (κ3) is 3.19. The number of thiophene rings is 1. The molecule has 0 aliphatic rings. The summed E-state index contributed by atoms with van der Waals surface area (Å²) in [7, 11) is -3.41. The molecule has 17 heavy (non-hydrogen) atoms. The second-order valence-corrected chi connectivity index (χ2v) is 8.47. The smallest absolute Gasteiger partial charge is 0.206 e. The number of sulfonamides is 1. The van der Waals surface area contributed by atoms with Crippen LogP contribution < -0.4 is 0 Å². The second-order valence-electron chi connectivity index (χ2n) is 3.98. The Hall–Kier alpha value is -0.170. The second kappa shape index (κ2) is 5.65. The van der Waals surface area contributed by atoms with Gasteiger partial charge >= 0.3 is 0 Å². The molecule has 0 atom stereocenters. The monoisotopic (exact) mass is 337 g/mol. The molecule has 0 unspecified atom stereocenters. The molecule has 0 fully saturated rings. The van der Waals surface area contributed by atoms with Crippen molar-refractivity contribution in [3.8, 4) is 0 Å². The minimum absolute atomic E-state index is 0.0841. The quantitative estimate of drug-likeness (QED) is 0.772. The van der Waals surface area contributed by atoms with Crippen LogP contribution in [0.5, 0.6) is 0 Å². The summed E-state index contributed by atoms with van der Waals surface area (Å²) in [5.41, 5.74) is 0.941. The van der Waals surface area contributed by atoms with Crippen molar-refractivity contribution in [3.05, 3.63) is 28.1 Å². The number of hydrogen-bond donors (Lipinski definition) is 0. The van der Waals surface area contributed by atoms with E-state index in [1.807, 2.05) is 20.8 Å². The zero-order valence-corrected chi connectivity index (χ0v) is 13.3. The summed E-state index contributed by atoms with van der Waals surface area (Å²) in [6.45, 7) is 9.53. The lowest BCUT2D eigenvalue weighted by Crippen LogP contribution is -2.36. The van der Waals surface area contributed by atoms with Crippen molar-refractivity contribution < 1.29 is 8.42 Å². The van der Waals surface area contributed by atoms with Gasteiger partial charge in [-0.25, -0.2) is 8.42 Å². The lowest BCUT2D eigenvalue weighted by atomic mass is 10.4. The Kier molecular flexibility index (Phi) is 4.95. The van der Waals surface area contributed by atoms with E-state index in [0.717, 1.165) is 9.35 Å². The van der Waals surface area contributed by atoms with Crippen LogP contribution in [0.3, 0.4) is 0 Å². The Morgan fingerprint density at radius 3 is 2.53 bits per heavy atom. The van der Waals surface area contributed by atoms with Crippen molar-refractivity contribution >= 4 is 37.3 Å². The molecular weight excluding hydrogens is 322 g/mol. The normalized spacial score (nSPS) is 12.4. The molecular formula is C11H16BrNO2S2. The van der Waals surface area contributed by atoms with Gasteiger partial charge in [0.15, 0.2) is 0 Å². The molecule has 0 saturated carbocycles. The van der Waals surface area contributed by atoms with Crippen molar-refractivity contribution in [1.29, 1.82) is 0 Å². The van der Waals surface area contributed by atoms with Gasteiger partial charge in [-0.05, 0) is 48.3 Å². The summed E-state index contributed by atoms with van der Waals surface area (Å²) in [5, 5.41) is 0. The van der Waals surface area contributed by atoms with Gasteiger partial charge < -0.3 is 0 Å². The Morgan fingerprint density at radius 1 is 1.59 bits per heavy atom. The van der Waals surface area contributed by atoms with Gasteiger partial charge in [0.1, 0.15) is 4.21 Å². The predicted octanol–water partition coefficient (Wildman–Crippen LogP) is 3.40. The number of hydrogen-bond acceptors (Lipinski definition) is 3. The molecule has 1 rings (SSSR count). The van der Waals surface area contributed by atoms with Crippen molar-refractivity contribution in [2.45, 2.75) is 31.0 Å². The van der Waals surface area contributed by atoms with Crippen LogP contribution in [0.25, 0.3) is 0 Å². The minimum Gasteiger partial charge on any atom is -0.206 e. The van der Waals surface area contributed by atoms with Crippen molar-refractivity contribution in [1.82, 2.24) is 4.31 Å². The van der Waals surface area contributed by atoms with E-state index >= 15 is 0 Å². The summed E-state index contributed by atoms with van der Waals surface area (Å²) in [6.07, 6.45) is 1.60. The van der Waals surface area contributed by atoms with E-state index in [1.165, 1.54) is 15.6 Å². The first-order valence-corrected chi connectivity index (χ1v) is 8.24. The molecule has 1 aromatic heterocycles. The van der Waals surface area contributed by atoms with Crippen LogP contribution in [0.4, 0.5) is 0 Å². The lowest BCUT2D eigenvalue weighted by Gasteiger charge is -2.23. The predicted molar refractivity (Wildman–Crippen MR) is 76.0 cm³/mol. The SMILES string of the molecule is C=CCN(C(C)C)S(=O)(=O)c1cc(C)c(Br)s1. The van der Waals surface area contributed by atoms with E-state index in [1.54, 1.807) is 12.1 Å². The van der Waals surface area contributed by atoms with Crippen LogP contribution in [-0.4, -0.2) is 25.3 Å². The molecule has 96 valence electrons. The van der Waals surface area contributed by atoms with Gasteiger partial charge in [0, 0.05) is 12.6 Å². The number of nitrogens with zero attached hydrogens (tertiary/aromatic N) is 1. The molecule has 0 aliphatic heterocycles. The molecule has 0 radical (unpaired) electrons. The maximum atomic E-state index is 12.4. The third-order valence-corrected chi connectivity index (χ3v) is 6.91. The largest absolute Gasteiger partial charge is 0.253 e. The van der Waals surface area contributed by atoms with Gasteiger partial charge in [-0.15, -0.1) is 17.9 Å². The molecule has 0 spiro atoms. The van der Waals surface area contributed by atoms with Crippen LogP contribution in [0.15, 0.2) is 26.7 Å². The Labute approximate surface area is 115 Å². The van der Waals surface area contributed by atoms with Crippen LogP contribution in [-0.2, 0) is 10.0 Å². The highest BCUT2D eigenvalue weighted by Crippen LogP contribution is 2.32. The maximum absolute atomic E-state index is 12.4. The van der Waals surface area contributed by atoms with E-state index in [9.17, 15) is 8.42 Å². The molecule has 0 aliphatic carbocycles. The van der Waals surface area contributed by atoms with Gasteiger partial charge in [0.25, 0.3) is 10.0 Å².